The van der Waals surface area contributed by atoms with Crippen LogP contribution in [0.1, 0.15) is 35.1 Å². The van der Waals surface area contributed by atoms with Crippen molar-refractivity contribution in [2.24, 2.45) is 5.92 Å². The van der Waals surface area contributed by atoms with Crippen molar-refractivity contribution in [1.82, 2.24) is 19.9 Å². The average Bonchev–Trinajstić information content (AvgIpc) is 3.08. The highest BCUT2D eigenvalue weighted by atomic mass is 32.1. The third kappa shape index (κ3) is 3.45. The standard InChI is InChI=1S/C18H24N4OS/c1-2-9-23-13-17-18-16(22(20-19-18)11-14-5-6-14)7-8-21(17)12-15-4-3-10-24-15/h2-4,10,14,17H,1,5-9,11-13H2/t17-/m1/s1. The van der Waals surface area contributed by atoms with Gasteiger partial charge in [-0.15, -0.1) is 23.0 Å². The number of rotatable bonds is 8. The highest BCUT2D eigenvalue weighted by molar-refractivity contribution is 7.09. The lowest BCUT2D eigenvalue weighted by Gasteiger charge is -2.34. The first-order valence-electron chi connectivity index (χ1n) is 8.72. The minimum absolute atomic E-state index is 0.184. The Labute approximate surface area is 146 Å². The fraction of sp³-hybridized carbons (Fsp3) is 0.556. The average molecular weight is 344 g/mol. The lowest BCUT2D eigenvalue weighted by Crippen LogP contribution is -2.38. The molecule has 128 valence electrons. The molecule has 0 radical (unpaired) electrons. The van der Waals surface area contributed by atoms with Crippen molar-refractivity contribution in [3.8, 4) is 0 Å². The molecule has 5 nitrogen and oxygen atoms in total. The van der Waals surface area contributed by atoms with Crippen LogP contribution in [0.4, 0.5) is 0 Å². The van der Waals surface area contributed by atoms with Crippen molar-refractivity contribution >= 4 is 11.3 Å². The van der Waals surface area contributed by atoms with E-state index in [1.807, 2.05) is 11.3 Å². The molecular formula is C18H24N4OS. The molecule has 0 saturated heterocycles. The van der Waals surface area contributed by atoms with Crippen molar-refractivity contribution in [2.75, 3.05) is 19.8 Å². The molecule has 0 spiro atoms. The van der Waals surface area contributed by atoms with E-state index in [9.17, 15) is 0 Å². The molecule has 0 amide bonds. The minimum Gasteiger partial charge on any atom is -0.375 e. The van der Waals surface area contributed by atoms with E-state index in [2.05, 4.69) is 44.0 Å². The predicted octanol–water partition coefficient (Wildman–Crippen LogP) is 3.05. The fourth-order valence-corrected chi connectivity index (χ4v) is 4.10. The van der Waals surface area contributed by atoms with E-state index in [0.717, 1.165) is 37.7 Å². The summed E-state index contributed by atoms with van der Waals surface area (Å²) in [6, 6.07) is 4.50. The van der Waals surface area contributed by atoms with Gasteiger partial charge >= 0.3 is 0 Å². The van der Waals surface area contributed by atoms with E-state index >= 15 is 0 Å². The first-order chi connectivity index (χ1) is 11.8. The van der Waals surface area contributed by atoms with Crippen LogP contribution < -0.4 is 0 Å². The van der Waals surface area contributed by atoms with Crippen molar-refractivity contribution in [2.45, 2.75) is 38.4 Å². The molecule has 24 heavy (non-hydrogen) atoms. The van der Waals surface area contributed by atoms with Crippen LogP contribution in [-0.2, 0) is 24.2 Å². The van der Waals surface area contributed by atoms with Gasteiger partial charge < -0.3 is 4.74 Å². The monoisotopic (exact) mass is 344 g/mol. The third-order valence-corrected chi connectivity index (χ3v) is 5.70. The zero-order valence-electron chi connectivity index (χ0n) is 13.9. The number of ether oxygens (including phenoxy) is 1. The molecule has 1 fully saturated rings. The number of nitrogens with zero attached hydrogens (tertiary/aromatic N) is 4. The second-order valence-electron chi connectivity index (χ2n) is 6.69. The Balaban J connectivity index is 1.54. The topological polar surface area (TPSA) is 43.2 Å². The lowest BCUT2D eigenvalue weighted by atomic mass is 10.0. The first-order valence-corrected chi connectivity index (χ1v) is 9.60. The Morgan fingerprint density at radius 1 is 1.42 bits per heavy atom. The number of hydrogen-bond acceptors (Lipinski definition) is 5. The molecule has 4 rings (SSSR count). The van der Waals surface area contributed by atoms with Crippen molar-refractivity contribution in [3.05, 3.63) is 46.4 Å². The summed E-state index contributed by atoms with van der Waals surface area (Å²) < 4.78 is 7.95. The van der Waals surface area contributed by atoms with Gasteiger partial charge in [-0.3, -0.25) is 4.90 Å². The van der Waals surface area contributed by atoms with Crippen LogP contribution in [0, 0.1) is 5.92 Å². The zero-order valence-corrected chi connectivity index (χ0v) is 14.7. The van der Waals surface area contributed by atoms with Gasteiger partial charge in [0.2, 0.25) is 0 Å². The SMILES string of the molecule is C=CCOC[C@@H]1c2nnn(CC3CC3)c2CCN1Cc1cccs1. The van der Waals surface area contributed by atoms with Gasteiger partial charge in [0.25, 0.3) is 0 Å². The summed E-state index contributed by atoms with van der Waals surface area (Å²) in [5.74, 6) is 0.815. The maximum Gasteiger partial charge on any atom is 0.105 e. The van der Waals surface area contributed by atoms with Gasteiger partial charge in [-0.05, 0) is 30.2 Å². The Morgan fingerprint density at radius 3 is 3.08 bits per heavy atom. The second kappa shape index (κ2) is 7.17. The van der Waals surface area contributed by atoms with Gasteiger partial charge in [0, 0.05) is 30.9 Å². The van der Waals surface area contributed by atoms with Crippen LogP contribution in [-0.4, -0.2) is 39.7 Å². The third-order valence-electron chi connectivity index (χ3n) is 4.84. The Bertz CT molecular complexity index is 677. The first kappa shape index (κ1) is 16.0. The van der Waals surface area contributed by atoms with Crippen molar-refractivity contribution < 1.29 is 4.74 Å². The molecule has 6 heteroatoms. The Kier molecular flexibility index (Phi) is 4.78. The molecule has 1 aliphatic carbocycles. The summed E-state index contributed by atoms with van der Waals surface area (Å²) in [6.07, 6.45) is 5.51. The van der Waals surface area contributed by atoms with Crippen LogP contribution in [0.25, 0.3) is 0 Å². The molecule has 1 saturated carbocycles. The van der Waals surface area contributed by atoms with Crippen molar-refractivity contribution in [3.63, 3.8) is 0 Å². The van der Waals surface area contributed by atoms with Gasteiger partial charge in [-0.1, -0.05) is 17.4 Å². The summed E-state index contributed by atoms with van der Waals surface area (Å²) in [5.41, 5.74) is 2.43. The van der Waals surface area contributed by atoms with Crippen LogP contribution in [0.3, 0.4) is 0 Å². The van der Waals surface area contributed by atoms with Crippen LogP contribution >= 0.6 is 11.3 Å². The molecule has 0 bridgehead atoms. The summed E-state index contributed by atoms with van der Waals surface area (Å²) >= 11 is 1.81. The minimum atomic E-state index is 0.184. The smallest absolute Gasteiger partial charge is 0.105 e. The Morgan fingerprint density at radius 2 is 2.33 bits per heavy atom. The molecule has 2 aliphatic rings. The highest BCUT2D eigenvalue weighted by Gasteiger charge is 2.33. The predicted molar refractivity (Wildman–Crippen MR) is 94.9 cm³/mol. The van der Waals surface area contributed by atoms with E-state index in [-0.39, 0.29) is 6.04 Å². The molecule has 0 aromatic carbocycles. The summed E-state index contributed by atoms with van der Waals surface area (Å²) in [6.45, 7) is 7.99. The van der Waals surface area contributed by atoms with E-state index in [0.29, 0.717) is 13.2 Å². The normalized spacial score (nSPS) is 20.9. The highest BCUT2D eigenvalue weighted by Crippen LogP contribution is 2.34. The van der Waals surface area contributed by atoms with Crippen LogP contribution in [0.15, 0.2) is 30.2 Å². The van der Waals surface area contributed by atoms with Gasteiger partial charge in [0.1, 0.15) is 5.69 Å². The molecule has 0 N–H and O–H groups in total. The maximum absolute atomic E-state index is 5.80. The molecule has 1 atom stereocenters. The molecule has 2 aromatic rings. The maximum atomic E-state index is 5.80. The fourth-order valence-electron chi connectivity index (χ4n) is 3.37. The van der Waals surface area contributed by atoms with E-state index < -0.39 is 0 Å². The zero-order chi connectivity index (χ0) is 16.4. The van der Waals surface area contributed by atoms with Gasteiger partial charge in [0.05, 0.1) is 24.9 Å². The van der Waals surface area contributed by atoms with Crippen LogP contribution in [0.5, 0.6) is 0 Å². The molecular weight excluding hydrogens is 320 g/mol. The molecule has 3 heterocycles. The van der Waals surface area contributed by atoms with Crippen LogP contribution in [0.2, 0.25) is 0 Å². The lowest BCUT2D eigenvalue weighted by molar-refractivity contribution is 0.0604. The number of hydrogen-bond donors (Lipinski definition) is 0. The van der Waals surface area contributed by atoms with Gasteiger partial charge in [-0.2, -0.15) is 0 Å². The van der Waals surface area contributed by atoms with E-state index in [1.54, 1.807) is 6.08 Å². The van der Waals surface area contributed by atoms with Crippen molar-refractivity contribution in [1.29, 1.82) is 0 Å². The largest absolute Gasteiger partial charge is 0.375 e. The van der Waals surface area contributed by atoms with Gasteiger partial charge in [-0.25, -0.2) is 4.68 Å². The molecule has 1 aliphatic heterocycles. The Hall–Kier alpha value is -1.50. The summed E-state index contributed by atoms with van der Waals surface area (Å²) in [5, 5.41) is 11.1. The van der Waals surface area contributed by atoms with E-state index in [4.69, 9.17) is 4.74 Å². The summed E-state index contributed by atoms with van der Waals surface area (Å²) in [7, 11) is 0. The summed E-state index contributed by atoms with van der Waals surface area (Å²) in [4.78, 5) is 3.87. The quantitative estimate of drug-likeness (QED) is 0.545. The second-order valence-corrected chi connectivity index (χ2v) is 7.72. The number of thiophene rings is 1. The van der Waals surface area contributed by atoms with Gasteiger partial charge in [0.15, 0.2) is 0 Å². The number of aromatic nitrogens is 3. The van der Waals surface area contributed by atoms with E-state index in [1.165, 1.54) is 23.4 Å². The molecule has 0 unspecified atom stereocenters. The number of fused-ring (bicyclic) bond motifs is 1. The molecule has 2 aromatic heterocycles.